The Morgan fingerprint density at radius 1 is 1.07 bits per heavy atom. The Kier molecular flexibility index (Phi) is 5.90. The van der Waals surface area contributed by atoms with Crippen molar-refractivity contribution in [1.29, 1.82) is 0 Å². The van der Waals surface area contributed by atoms with Crippen LogP contribution in [0.5, 0.6) is 0 Å². The van der Waals surface area contributed by atoms with E-state index in [0.717, 1.165) is 18.5 Å². The standard InChI is InChI=1S/C22H23FN2O3/c1-24(2)13-6-14-25-19(15-7-4-3-5-8-15)18(21(27)22(25)28)20(26)16-9-11-17(23)12-10-16/h3-5,7-12,19,26H,6,13-14H2,1-2H3/p+1/t19-/m1/s1. The third-order valence-corrected chi connectivity index (χ3v) is 4.85. The summed E-state index contributed by atoms with van der Waals surface area (Å²) in [7, 11) is 4.05. The predicted molar refractivity (Wildman–Crippen MR) is 104 cm³/mol. The van der Waals surface area contributed by atoms with Gasteiger partial charge in [0.05, 0.1) is 32.3 Å². The fourth-order valence-corrected chi connectivity index (χ4v) is 3.46. The summed E-state index contributed by atoms with van der Waals surface area (Å²) in [5.74, 6) is -2.06. The zero-order valence-corrected chi connectivity index (χ0v) is 16.0. The molecule has 2 N–H and O–H groups in total. The summed E-state index contributed by atoms with van der Waals surface area (Å²) in [6.45, 7) is 1.26. The lowest BCUT2D eigenvalue weighted by Gasteiger charge is -2.25. The summed E-state index contributed by atoms with van der Waals surface area (Å²) in [5, 5.41) is 10.8. The van der Waals surface area contributed by atoms with Crippen molar-refractivity contribution in [3.63, 3.8) is 0 Å². The maximum absolute atomic E-state index is 13.2. The monoisotopic (exact) mass is 383 g/mol. The van der Waals surface area contributed by atoms with Crippen molar-refractivity contribution >= 4 is 17.4 Å². The molecule has 3 rings (SSSR count). The van der Waals surface area contributed by atoms with Crippen LogP contribution in [0.1, 0.15) is 23.6 Å². The molecule has 0 saturated carbocycles. The van der Waals surface area contributed by atoms with E-state index < -0.39 is 23.5 Å². The summed E-state index contributed by atoms with van der Waals surface area (Å²) < 4.78 is 13.2. The largest absolute Gasteiger partial charge is 0.507 e. The molecular weight excluding hydrogens is 359 g/mol. The molecule has 146 valence electrons. The Hall–Kier alpha value is -2.99. The molecule has 5 nitrogen and oxygen atoms in total. The molecule has 1 saturated heterocycles. The van der Waals surface area contributed by atoms with Gasteiger partial charge >= 0.3 is 0 Å². The van der Waals surface area contributed by atoms with Crippen molar-refractivity contribution in [3.05, 3.63) is 77.1 Å². The quantitative estimate of drug-likeness (QED) is 0.454. The number of halogens is 1. The van der Waals surface area contributed by atoms with Gasteiger partial charge in [-0.1, -0.05) is 30.3 Å². The van der Waals surface area contributed by atoms with E-state index >= 15 is 0 Å². The van der Waals surface area contributed by atoms with Crippen LogP contribution in [-0.2, 0) is 9.59 Å². The van der Waals surface area contributed by atoms with Crippen LogP contribution in [0.15, 0.2) is 60.2 Å². The molecule has 1 aliphatic rings. The van der Waals surface area contributed by atoms with E-state index in [-0.39, 0.29) is 11.3 Å². The average molecular weight is 383 g/mol. The number of hydrogen-bond acceptors (Lipinski definition) is 3. The van der Waals surface area contributed by atoms with E-state index in [1.165, 1.54) is 34.1 Å². The minimum Gasteiger partial charge on any atom is -0.507 e. The number of aliphatic hydroxyl groups excluding tert-OH is 1. The number of amides is 1. The second kappa shape index (κ2) is 8.35. The number of nitrogens with zero attached hydrogens (tertiary/aromatic N) is 1. The van der Waals surface area contributed by atoms with Gasteiger partial charge in [-0.2, -0.15) is 0 Å². The normalized spacial score (nSPS) is 18.9. The third kappa shape index (κ3) is 3.97. The molecule has 0 aliphatic carbocycles. The molecule has 1 heterocycles. The Bertz CT molecular complexity index is 892. The van der Waals surface area contributed by atoms with E-state index in [1.807, 2.05) is 44.4 Å². The van der Waals surface area contributed by atoms with Crippen molar-refractivity contribution < 1.29 is 24.0 Å². The SMILES string of the molecule is C[NH+](C)CCCN1C(=O)C(=O)C(=C(O)c2ccc(F)cc2)[C@H]1c1ccccc1. The maximum atomic E-state index is 13.2. The Balaban J connectivity index is 2.06. The van der Waals surface area contributed by atoms with Gasteiger partial charge in [0, 0.05) is 18.5 Å². The highest BCUT2D eigenvalue weighted by molar-refractivity contribution is 6.46. The van der Waals surface area contributed by atoms with Gasteiger partial charge < -0.3 is 14.9 Å². The molecule has 1 atom stereocenters. The molecule has 0 spiro atoms. The number of nitrogens with one attached hydrogen (secondary N) is 1. The first kappa shape index (κ1) is 19.8. The van der Waals surface area contributed by atoms with E-state index in [2.05, 4.69) is 0 Å². The molecule has 2 aromatic rings. The Labute approximate surface area is 163 Å². The zero-order chi connectivity index (χ0) is 20.3. The van der Waals surface area contributed by atoms with Crippen LogP contribution in [0, 0.1) is 5.82 Å². The van der Waals surface area contributed by atoms with Crippen LogP contribution in [0.25, 0.3) is 5.76 Å². The van der Waals surface area contributed by atoms with E-state index in [0.29, 0.717) is 12.1 Å². The highest BCUT2D eigenvalue weighted by atomic mass is 19.1. The van der Waals surface area contributed by atoms with Crippen LogP contribution >= 0.6 is 0 Å². The van der Waals surface area contributed by atoms with Crippen LogP contribution in [0.4, 0.5) is 4.39 Å². The summed E-state index contributed by atoms with van der Waals surface area (Å²) in [6.07, 6.45) is 0.731. The summed E-state index contributed by atoms with van der Waals surface area (Å²) in [5.41, 5.74) is 1.10. The number of benzene rings is 2. The molecule has 6 heteroatoms. The lowest BCUT2D eigenvalue weighted by Crippen LogP contribution is -3.05. The number of carbonyl (C=O) groups excluding carboxylic acids is 2. The maximum Gasteiger partial charge on any atom is 0.295 e. The lowest BCUT2D eigenvalue weighted by molar-refractivity contribution is -0.858. The Morgan fingerprint density at radius 2 is 1.71 bits per heavy atom. The molecule has 0 aromatic heterocycles. The van der Waals surface area contributed by atoms with Gasteiger partial charge in [-0.3, -0.25) is 9.59 Å². The van der Waals surface area contributed by atoms with Crippen molar-refractivity contribution in [2.24, 2.45) is 0 Å². The fraction of sp³-hybridized carbons (Fsp3) is 0.273. The summed E-state index contributed by atoms with van der Waals surface area (Å²) in [6, 6.07) is 13.7. The molecule has 0 radical (unpaired) electrons. The fourth-order valence-electron chi connectivity index (χ4n) is 3.46. The summed E-state index contributed by atoms with van der Waals surface area (Å²) in [4.78, 5) is 28.3. The smallest absolute Gasteiger partial charge is 0.295 e. The molecule has 1 amide bonds. The minimum absolute atomic E-state index is 0.0417. The number of carbonyl (C=O) groups is 2. The highest BCUT2D eigenvalue weighted by Gasteiger charge is 2.45. The Morgan fingerprint density at radius 3 is 2.32 bits per heavy atom. The first-order valence-electron chi connectivity index (χ1n) is 9.28. The topological polar surface area (TPSA) is 62.0 Å². The first-order valence-corrected chi connectivity index (χ1v) is 9.28. The van der Waals surface area contributed by atoms with Gasteiger partial charge in [-0.05, 0) is 29.8 Å². The van der Waals surface area contributed by atoms with Gasteiger partial charge in [0.1, 0.15) is 11.6 Å². The molecule has 0 bridgehead atoms. The van der Waals surface area contributed by atoms with Crippen molar-refractivity contribution in [3.8, 4) is 0 Å². The van der Waals surface area contributed by atoms with Crippen LogP contribution in [0.3, 0.4) is 0 Å². The molecule has 1 fully saturated rings. The van der Waals surface area contributed by atoms with Gasteiger partial charge in [-0.25, -0.2) is 4.39 Å². The molecule has 28 heavy (non-hydrogen) atoms. The molecule has 0 unspecified atom stereocenters. The van der Waals surface area contributed by atoms with E-state index in [1.54, 1.807) is 0 Å². The van der Waals surface area contributed by atoms with Crippen LogP contribution in [0.2, 0.25) is 0 Å². The third-order valence-electron chi connectivity index (χ3n) is 4.85. The molecule has 2 aromatic carbocycles. The van der Waals surface area contributed by atoms with Crippen LogP contribution in [-0.4, -0.2) is 48.9 Å². The average Bonchev–Trinajstić information content (AvgIpc) is 2.93. The van der Waals surface area contributed by atoms with Crippen LogP contribution < -0.4 is 4.90 Å². The molecule has 1 aliphatic heterocycles. The second-order valence-corrected chi connectivity index (χ2v) is 7.22. The second-order valence-electron chi connectivity index (χ2n) is 7.22. The first-order chi connectivity index (χ1) is 13.4. The van der Waals surface area contributed by atoms with Crippen molar-refractivity contribution in [2.75, 3.05) is 27.2 Å². The number of quaternary nitrogens is 1. The predicted octanol–water partition coefficient (Wildman–Crippen LogP) is 1.78. The van der Waals surface area contributed by atoms with Crippen molar-refractivity contribution in [2.45, 2.75) is 12.5 Å². The number of aliphatic hydroxyl groups is 1. The van der Waals surface area contributed by atoms with E-state index in [9.17, 15) is 19.1 Å². The minimum atomic E-state index is -0.715. The summed E-state index contributed by atoms with van der Waals surface area (Å²) >= 11 is 0. The number of likely N-dealkylation sites (tertiary alicyclic amines) is 1. The number of ketones is 1. The van der Waals surface area contributed by atoms with Gasteiger partial charge in [0.15, 0.2) is 0 Å². The lowest BCUT2D eigenvalue weighted by atomic mass is 9.95. The number of Topliss-reactive ketones (excluding diaryl/α,β-unsaturated/α-hetero) is 1. The number of hydrogen-bond donors (Lipinski definition) is 2. The zero-order valence-electron chi connectivity index (χ0n) is 16.0. The van der Waals surface area contributed by atoms with Gasteiger partial charge in [0.2, 0.25) is 0 Å². The number of rotatable bonds is 6. The van der Waals surface area contributed by atoms with Gasteiger partial charge in [0.25, 0.3) is 11.7 Å². The van der Waals surface area contributed by atoms with E-state index in [4.69, 9.17) is 0 Å². The van der Waals surface area contributed by atoms with Gasteiger partial charge in [-0.15, -0.1) is 0 Å². The molecular formula is C22H24FN2O3+. The van der Waals surface area contributed by atoms with Crippen molar-refractivity contribution in [1.82, 2.24) is 4.90 Å². The highest BCUT2D eigenvalue weighted by Crippen LogP contribution is 2.39.